The second-order valence-electron chi connectivity index (χ2n) is 5.06. The number of fused-ring (bicyclic) bond motifs is 1. The van der Waals surface area contributed by atoms with E-state index in [4.69, 9.17) is 0 Å². The van der Waals surface area contributed by atoms with Crippen molar-refractivity contribution in [1.29, 1.82) is 0 Å². The molecule has 0 radical (unpaired) electrons. The average Bonchev–Trinajstić information content (AvgIpc) is 3.10. The molecule has 0 atom stereocenters. The third-order valence-electron chi connectivity index (χ3n) is 3.48. The Balaban J connectivity index is 1.49. The predicted octanol–water partition coefficient (Wildman–Crippen LogP) is 3.03. The maximum atomic E-state index is 4.43. The van der Waals surface area contributed by atoms with Crippen molar-refractivity contribution in [3.63, 3.8) is 0 Å². The Morgan fingerprint density at radius 3 is 2.70 bits per heavy atom. The summed E-state index contributed by atoms with van der Waals surface area (Å²) in [6.07, 6.45) is 5.13. The molecule has 0 fully saturated rings. The first-order valence-corrected chi connectivity index (χ1v) is 7.29. The van der Waals surface area contributed by atoms with E-state index in [1.807, 2.05) is 48.7 Å². The molecule has 0 bridgehead atoms. The van der Waals surface area contributed by atoms with Crippen molar-refractivity contribution in [1.82, 2.24) is 24.9 Å². The van der Waals surface area contributed by atoms with Gasteiger partial charge in [-0.25, -0.2) is 15.0 Å². The number of aromatic nitrogens is 5. The van der Waals surface area contributed by atoms with Gasteiger partial charge in [0.2, 0.25) is 0 Å². The van der Waals surface area contributed by atoms with Gasteiger partial charge in [0.15, 0.2) is 5.65 Å². The van der Waals surface area contributed by atoms with Gasteiger partial charge in [0.1, 0.15) is 17.2 Å². The Morgan fingerprint density at radius 1 is 0.913 bits per heavy atom. The third-order valence-corrected chi connectivity index (χ3v) is 3.48. The lowest BCUT2D eigenvalue weighted by Gasteiger charge is -2.04. The Hall–Kier alpha value is -3.28. The number of hydrogen-bond acceptors (Lipinski definition) is 5. The molecule has 3 heterocycles. The number of imidazole rings is 1. The molecule has 0 saturated carbocycles. The molecule has 3 aromatic heterocycles. The third kappa shape index (κ3) is 2.87. The highest BCUT2D eigenvalue weighted by Crippen LogP contribution is 2.16. The number of nitrogens with zero attached hydrogens (tertiary/aromatic N) is 4. The van der Waals surface area contributed by atoms with Crippen LogP contribution >= 0.6 is 0 Å². The molecule has 6 nitrogen and oxygen atoms in total. The van der Waals surface area contributed by atoms with Crippen molar-refractivity contribution in [2.45, 2.75) is 6.54 Å². The van der Waals surface area contributed by atoms with Crippen LogP contribution in [-0.2, 0) is 6.54 Å². The number of nitrogens with one attached hydrogen (secondary N) is 2. The van der Waals surface area contributed by atoms with E-state index in [2.05, 4.69) is 30.2 Å². The molecule has 1 aromatic carbocycles. The lowest BCUT2D eigenvalue weighted by atomic mass is 10.2. The maximum Gasteiger partial charge on any atom is 0.180 e. The molecule has 112 valence electrons. The number of pyridine rings is 1. The van der Waals surface area contributed by atoms with Gasteiger partial charge in [-0.1, -0.05) is 30.3 Å². The first-order chi connectivity index (χ1) is 11.4. The van der Waals surface area contributed by atoms with Crippen LogP contribution in [0.25, 0.3) is 22.4 Å². The number of rotatable bonds is 4. The average molecular weight is 302 g/mol. The molecule has 0 saturated heterocycles. The lowest BCUT2D eigenvalue weighted by Crippen LogP contribution is -2.03. The Morgan fingerprint density at radius 2 is 1.78 bits per heavy atom. The summed E-state index contributed by atoms with van der Waals surface area (Å²) >= 11 is 0. The Labute approximate surface area is 132 Å². The van der Waals surface area contributed by atoms with Crippen molar-refractivity contribution in [3.05, 3.63) is 66.9 Å². The highest BCUT2D eigenvalue weighted by Gasteiger charge is 2.04. The number of H-pyrrole nitrogens is 1. The molecule has 0 amide bonds. The van der Waals surface area contributed by atoms with Crippen LogP contribution in [0.1, 0.15) is 5.82 Å². The van der Waals surface area contributed by atoms with Gasteiger partial charge in [-0.05, 0) is 17.7 Å². The van der Waals surface area contributed by atoms with Gasteiger partial charge in [0.25, 0.3) is 0 Å². The van der Waals surface area contributed by atoms with E-state index in [1.165, 1.54) is 0 Å². The molecular weight excluding hydrogens is 288 g/mol. The second-order valence-corrected chi connectivity index (χ2v) is 5.06. The molecule has 0 unspecified atom stereocenters. The van der Waals surface area contributed by atoms with Crippen LogP contribution in [-0.4, -0.2) is 24.9 Å². The van der Waals surface area contributed by atoms with Gasteiger partial charge in [0.05, 0.1) is 18.4 Å². The van der Waals surface area contributed by atoms with E-state index in [0.29, 0.717) is 12.2 Å². The van der Waals surface area contributed by atoms with E-state index >= 15 is 0 Å². The quantitative estimate of drug-likeness (QED) is 0.606. The summed E-state index contributed by atoms with van der Waals surface area (Å²) in [5.41, 5.74) is 3.52. The normalized spacial score (nSPS) is 10.8. The number of hydrogen-bond donors (Lipinski definition) is 2. The van der Waals surface area contributed by atoms with Crippen molar-refractivity contribution in [2.24, 2.45) is 0 Å². The van der Waals surface area contributed by atoms with Gasteiger partial charge in [-0.3, -0.25) is 4.98 Å². The zero-order valence-corrected chi connectivity index (χ0v) is 12.3. The summed E-state index contributed by atoms with van der Waals surface area (Å²) in [6.45, 7) is 0.561. The van der Waals surface area contributed by atoms with Crippen LogP contribution in [0, 0.1) is 0 Å². The highest BCUT2D eigenvalue weighted by atomic mass is 15.1. The van der Waals surface area contributed by atoms with Crippen LogP contribution in [0.3, 0.4) is 0 Å². The first kappa shape index (κ1) is 13.4. The summed E-state index contributed by atoms with van der Waals surface area (Å²) in [6, 6.07) is 13.9. The van der Waals surface area contributed by atoms with Crippen LogP contribution in [0.4, 0.5) is 5.82 Å². The predicted molar refractivity (Wildman–Crippen MR) is 88.7 cm³/mol. The topological polar surface area (TPSA) is 79.4 Å². The fraction of sp³-hybridized carbons (Fsp3) is 0.0588. The highest BCUT2D eigenvalue weighted by molar-refractivity contribution is 5.71. The fourth-order valence-electron chi connectivity index (χ4n) is 2.34. The molecule has 4 rings (SSSR count). The molecular formula is C17H14N6. The second kappa shape index (κ2) is 5.84. The van der Waals surface area contributed by atoms with Gasteiger partial charge in [0, 0.05) is 12.4 Å². The smallest absolute Gasteiger partial charge is 0.180 e. The zero-order chi connectivity index (χ0) is 15.5. The standard InChI is InChI=1S/C17H14N6/c1-2-4-12(5-3-1)14-10-20-16(22-14)11-21-15-7-6-13-17(23-15)19-9-8-18-13/h1-10H,11H2,(H,20,22)(H,19,21,23). The molecule has 2 N–H and O–H groups in total. The first-order valence-electron chi connectivity index (χ1n) is 7.29. The number of benzene rings is 1. The van der Waals surface area contributed by atoms with Gasteiger partial charge >= 0.3 is 0 Å². The van der Waals surface area contributed by atoms with Crippen molar-refractivity contribution >= 4 is 17.0 Å². The molecule has 0 aliphatic heterocycles. The van der Waals surface area contributed by atoms with E-state index in [0.717, 1.165) is 28.4 Å². The molecule has 0 aliphatic carbocycles. The van der Waals surface area contributed by atoms with Crippen molar-refractivity contribution in [2.75, 3.05) is 5.32 Å². The summed E-state index contributed by atoms with van der Waals surface area (Å²) in [7, 11) is 0. The van der Waals surface area contributed by atoms with Gasteiger partial charge < -0.3 is 10.3 Å². The molecule has 4 aromatic rings. The maximum absolute atomic E-state index is 4.43. The largest absolute Gasteiger partial charge is 0.363 e. The van der Waals surface area contributed by atoms with E-state index in [-0.39, 0.29) is 0 Å². The Bertz CT molecular complexity index is 932. The van der Waals surface area contributed by atoms with Gasteiger partial charge in [-0.2, -0.15) is 0 Å². The van der Waals surface area contributed by atoms with Crippen LogP contribution < -0.4 is 5.32 Å². The molecule has 0 spiro atoms. The van der Waals surface area contributed by atoms with Crippen molar-refractivity contribution in [3.8, 4) is 11.3 Å². The van der Waals surface area contributed by atoms with Crippen molar-refractivity contribution < 1.29 is 0 Å². The summed E-state index contributed by atoms with van der Waals surface area (Å²) in [5, 5.41) is 3.25. The SMILES string of the molecule is c1ccc(-c2cnc(CNc3ccc4nccnc4n3)[nH]2)cc1. The van der Waals surface area contributed by atoms with Crippen LogP contribution in [0.15, 0.2) is 61.1 Å². The zero-order valence-electron chi connectivity index (χ0n) is 12.3. The monoisotopic (exact) mass is 302 g/mol. The fourth-order valence-corrected chi connectivity index (χ4v) is 2.34. The minimum absolute atomic E-state index is 0.561. The minimum atomic E-state index is 0.561. The molecule has 6 heteroatoms. The molecule has 0 aliphatic rings. The van der Waals surface area contributed by atoms with E-state index in [1.54, 1.807) is 12.4 Å². The van der Waals surface area contributed by atoms with E-state index in [9.17, 15) is 0 Å². The Kier molecular flexibility index (Phi) is 3.40. The summed E-state index contributed by atoms with van der Waals surface area (Å²) < 4.78 is 0. The lowest BCUT2D eigenvalue weighted by molar-refractivity contribution is 0.990. The number of anilines is 1. The summed E-state index contributed by atoms with van der Waals surface area (Å²) in [5.74, 6) is 1.60. The minimum Gasteiger partial charge on any atom is -0.363 e. The van der Waals surface area contributed by atoms with Crippen LogP contribution in [0.5, 0.6) is 0 Å². The molecule has 23 heavy (non-hydrogen) atoms. The van der Waals surface area contributed by atoms with Crippen LogP contribution in [0.2, 0.25) is 0 Å². The number of aromatic amines is 1. The van der Waals surface area contributed by atoms with E-state index < -0.39 is 0 Å². The van der Waals surface area contributed by atoms with Gasteiger partial charge in [-0.15, -0.1) is 0 Å². The summed E-state index contributed by atoms with van der Waals surface area (Å²) in [4.78, 5) is 20.5.